The van der Waals surface area contributed by atoms with E-state index >= 15 is 0 Å². The van der Waals surface area contributed by atoms with Gasteiger partial charge in [0.25, 0.3) is 0 Å². The summed E-state index contributed by atoms with van der Waals surface area (Å²) >= 11 is 0. The van der Waals surface area contributed by atoms with E-state index in [4.69, 9.17) is 24.4 Å². The number of nitriles is 1. The van der Waals surface area contributed by atoms with E-state index in [0.29, 0.717) is 41.5 Å². The summed E-state index contributed by atoms with van der Waals surface area (Å²) in [6.07, 6.45) is 0.761. The van der Waals surface area contributed by atoms with Crippen molar-refractivity contribution in [2.24, 2.45) is 0 Å². The molecule has 0 radical (unpaired) electrons. The second-order valence-corrected chi connectivity index (χ2v) is 7.34. The molecule has 2 aliphatic heterocycles. The summed E-state index contributed by atoms with van der Waals surface area (Å²) in [6, 6.07) is 13.8. The molecule has 0 spiro atoms. The number of hydrogen-bond donors (Lipinski definition) is 1. The number of rotatable bonds is 4. The van der Waals surface area contributed by atoms with Gasteiger partial charge in [-0.15, -0.1) is 0 Å². The summed E-state index contributed by atoms with van der Waals surface area (Å²) < 4.78 is 24.1. The highest BCUT2D eigenvalue weighted by molar-refractivity contribution is 5.79. The van der Waals surface area contributed by atoms with Gasteiger partial charge >= 0.3 is 0 Å². The highest BCUT2D eigenvalue weighted by atomic mass is 16.7. The number of hydrogen-bond acceptors (Lipinski definition) is 6. The van der Waals surface area contributed by atoms with Crippen LogP contribution in [0.15, 0.2) is 36.4 Å². The van der Waals surface area contributed by atoms with Crippen LogP contribution in [0.1, 0.15) is 18.1 Å². The van der Waals surface area contributed by atoms with Crippen LogP contribution >= 0.6 is 0 Å². The first-order valence-corrected chi connectivity index (χ1v) is 10.1. The van der Waals surface area contributed by atoms with Crippen LogP contribution in [0.5, 0.6) is 23.0 Å². The molecule has 1 N–H and O–H groups in total. The van der Waals surface area contributed by atoms with E-state index in [1.54, 1.807) is 7.11 Å². The number of aryl methyl sites for hydroxylation is 1. The van der Waals surface area contributed by atoms with Crippen LogP contribution in [-0.4, -0.2) is 25.1 Å². The number of ether oxygens (including phenoxy) is 4. The lowest BCUT2D eigenvalue weighted by Crippen LogP contribution is -2.28. The van der Waals surface area contributed by atoms with Crippen LogP contribution < -0.4 is 24.4 Å². The minimum absolute atomic E-state index is 0.200. The Morgan fingerprint density at radius 1 is 1.10 bits per heavy atom. The average molecular weight is 415 g/mol. The lowest BCUT2D eigenvalue weighted by atomic mass is 9.92. The van der Waals surface area contributed by atoms with Gasteiger partial charge in [0.2, 0.25) is 6.79 Å². The van der Waals surface area contributed by atoms with E-state index in [0.717, 1.165) is 34.6 Å². The fourth-order valence-electron chi connectivity index (χ4n) is 4.24. The maximum absolute atomic E-state index is 9.87. The van der Waals surface area contributed by atoms with E-state index in [9.17, 15) is 5.26 Å². The van der Waals surface area contributed by atoms with E-state index in [1.807, 2.05) is 47.9 Å². The Bertz CT molecular complexity index is 1300. The molecule has 2 aliphatic rings. The smallest absolute Gasteiger partial charge is 0.231 e. The maximum atomic E-state index is 9.87. The van der Waals surface area contributed by atoms with Gasteiger partial charge in [-0.2, -0.15) is 5.26 Å². The van der Waals surface area contributed by atoms with E-state index < -0.39 is 0 Å². The highest BCUT2D eigenvalue weighted by Gasteiger charge is 2.25. The molecule has 1 aromatic heterocycles. The first kappa shape index (κ1) is 19.1. The Hall–Kier alpha value is -3.92. The van der Waals surface area contributed by atoms with Crippen LogP contribution in [0.25, 0.3) is 22.4 Å². The van der Waals surface area contributed by atoms with Crippen LogP contribution in [0.4, 0.5) is 0 Å². The molecule has 3 heterocycles. The minimum atomic E-state index is 0.200. The summed E-state index contributed by atoms with van der Waals surface area (Å²) in [5, 5.41) is 18.6. The molecule has 2 aromatic carbocycles. The Kier molecular flexibility index (Phi) is 4.55. The molecule has 31 heavy (non-hydrogen) atoms. The van der Waals surface area contributed by atoms with Gasteiger partial charge < -0.3 is 23.5 Å². The van der Waals surface area contributed by atoms with Crippen molar-refractivity contribution < 1.29 is 18.9 Å². The fraction of sp³-hybridized carbons (Fsp3) is 0.250. The van der Waals surface area contributed by atoms with Gasteiger partial charge in [0, 0.05) is 17.7 Å². The van der Waals surface area contributed by atoms with Crippen molar-refractivity contribution in [1.29, 1.82) is 10.7 Å². The number of pyridine rings is 1. The summed E-state index contributed by atoms with van der Waals surface area (Å²) in [7, 11) is 1.59. The molecule has 7 nitrogen and oxygen atoms in total. The van der Waals surface area contributed by atoms with Crippen molar-refractivity contribution in [3.05, 3.63) is 53.0 Å². The molecular weight excluding hydrogens is 394 g/mol. The molecule has 0 saturated heterocycles. The minimum Gasteiger partial charge on any atom is -0.493 e. The molecule has 5 rings (SSSR count). The van der Waals surface area contributed by atoms with Crippen LogP contribution in [-0.2, 0) is 13.0 Å². The SMILES string of the molecule is CCOc1ccc(-c2cc3n(c(=N)c2C#N)CCc2cc4c(cc2-3)OCO4)cc1OC. The quantitative estimate of drug-likeness (QED) is 0.699. The van der Waals surface area contributed by atoms with Crippen molar-refractivity contribution in [3.8, 4) is 51.5 Å². The highest BCUT2D eigenvalue weighted by Crippen LogP contribution is 2.42. The molecule has 0 saturated carbocycles. The van der Waals surface area contributed by atoms with Crippen molar-refractivity contribution in [1.82, 2.24) is 4.57 Å². The second-order valence-electron chi connectivity index (χ2n) is 7.34. The lowest BCUT2D eigenvalue weighted by Gasteiger charge is -2.24. The Morgan fingerprint density at radius 3 is 2.65 bits per heavy atom. The van der Waals surface area contributed by atoms with Gasteiger partial charge in [-0.1, -0.05) is 6.07 Å². The molecule has 0 bridgehead atoms. The number of aromatic nitrogens is 1. The number of benzene rings is 2. The number of fused-ring (bicyclic) bond motifs is 4. The molecular formula is C24H21N3O4. The van der Waals surface area contributed by atoms with Crippen molar-refractivity contribution >= 4 is 0 Å². The molecule has 0 aliphatic carbocycles. The normalized spacial score (nSPS) is 13.2. The third-order valence-electron chi connectivity index (χ3n) is 5.71. The molecule has 0 unspecified atom stereocenters. The molecule has 0 amide bonds. The van der Waals surface area contributed by atoms with Gasteiger partial charge in [0.15, 0.2) is 23.0 Å². The van der Waals surface area contributed by atoms with Gasteiger partial charge in [0.1, 0.15) is 17.1 Å². The van der Waals surface area contributed by atoms with Crippen LogP contribution in [0.3, 0.4) is 0 Å². The third kappa shape index (κ3) is 2.99. The number of methoxy groups -OCH3 is 1. The van der Waals surface area contributed by atoms with Gasteiger partial charge in [-0.05, 0) is 54.8 Å². The number of nitrogens with one attached hydrogen (secondary N) is 1. The van der Waals surface area contributed by atoms with Gasteiger partial charge in [-0.3, -0.25) is 5.41 Å². The summed E-state index contributed by atoms with van der Waals surface area (Å²) in [4.78, 5) is 0. The summed E-state index contributed by atoms with van der Waals surface area (Å²) in [5.41, 5.74) is 5.03. The maximum Gasteiger partial charge on any atom is 0.231 e. The molecule has 3 aromatic rings. The van der Waals surface area contributed by atoms with E-state index in [2.05, 4.69) is 6.07 Å². The Labute approximate surface area is 179 Å². The third-order valence-corrected chi connectivity index (χ3v) is 5.71. The average Bonchev–Trinajstić information content (AvgIpc) is 3.25. The van der Waals surface area contributed by atoms with Gasteiger partial charge in [-0.25, -0.2) is 0 Å². The second kappa shape index (κ2) is 7.40. The first-order chi connectivity index (χ1) is 15.1. The zero-order valence-corrected chi connectivity index (χ0v) is 17.3. The largest absolute Gasteiger partial charge is 0.493 e. The van der Waals surface area contributed by atoms with Crippen molar-refractivity contribution in [2.45, 2.75) is 19.9 Å². The lowest BCUT2D eigenvalue weighted by molar-refractivity contribution is 0.174. The molecule has 7 heteroatoms. The summed E-state index contributed by atoms with van der Waals surface area (Å²) in [6.45, 7) is 3.28. The fourth-order valence-corrected chi connectivity index (χ4v) is 4.24. The topological polar surface area (TPSA) is 89.5 Å². The predicted molar refractivity (Wildman–Crippen MR) is 113 cm³/mol. The zero-order chi connectivity index (χ0) is 21.5. The van der Waals surface area contributed by atoms with Crippen LogP contribution in [0.2, 0.25) is 0 Å². The van der Waals surface area contributed by atoms with Crippen molar-refractivity contribution in [2.75, 3.05) is 20.5 Å². The Balaban J connectivity index is 1.72. The predicted octanol–water partition coefficient (Wildman–Crippen LogP) is 3.87. The van der Waals surface area contributed by atoms with Crippen LogP contribution in [0, 0.1) is 16.7 Å². The van der Waals surface area contributed by atoms with E-state index in [1.165, 1.54) is 0 Å². The standard InChI is InChI=1S/C24H21N3O4/c1-3-29-20-5-4-14(8-21(20)28-2)16-10-19-17-11-23-22(30-13-31-23)9-15(17)6-7-27(19)24(26)18(16)12-25/h4-5,8-11,26H,3,6-7,13H2,1-2H3. The van der Waals surface area contributed by atoms with Gasteiger partial charge in [0.05, 0.1) is 19.4 Å². The van der Waals surface area contributed by atoms with Crippen molar-refractivity contribution in [3.63, 3.8) is 0 Å². The number of nitrogens with zero attached hydrogens (tertiary/aromatic N) is 2. The summed E-state index contributed by atoms with van der Waals surface area (Å²) in [5.74, 6) is 2.68. The molecule has 0 atom stereocenters. The molecule has 0 fully saturated rings. The monoisotopic (exact) mass is 415 g/mol. The Morgan fingerprint density at radius 2 is 1.90 bits per heavy atom. The first-order valence-electron chi connectivity index (χ1n) is 10.1. The zero-order valence-electron chi connectivity index (χ0n) is 17.3. The molecule has 156 valence electrons. The van der Waals surface area contributed by atoms with E-state index in [-0.39, 0.29) is 12.3 Å².